The first-order valence-electron chi connectivity index (χ1n) is 5.06. The molecule has 0 aliphatic heterocycles. The molecule has 0 heterocycles. The number of anilines is 1. The third kappa shape index (κ3) is 3.80. The minimum atomic E-state index is -4.81. The van der Waals surface area contributed by atoms with Gasteiger partial charge in [0.1, 0.15) is 0 Å². The van der Waals surface area contributed by atoms with Crippen molar-refractivity contribution in [2.24, 2.45) is 0 Å². The van der Waals surface area contributed by atoms with Gasteiger partial charge in [-0.2, -0.15) is 13.2 Å². The highest BCUT2D eigenvalue weighted by Crippen LogP contribution is 2.34. The number of carbonyl (C=O) groups is 1. The molecule has 0 atom stereocenters. The molecular formula is C11H10F5NO2. The van der Waals surface area contributed by atoms with Gasteiger partial charge in [0.2, 0.25) is 0 Å². The molecule has 8 heteroatoms. The van der Waals surface area contributed by atoms with Crippen LogP contribution in [0.5, 0.6) is 0 Å². The van der Waals surface area contributed by atoms with Crippen molar-refractivity contribution in [3.63, 3.8) is 0 Å². The van der Waals surface area contributed by atoms with Gasteiger partial charge in [0.05, 0.1) is 17.7 Å². The fraction of sp³-hybridized carbons (Fsp3) is 0.364. The van der Waals surface area contributed by atoms with Crippen LogP contribution in [-0.2, 0) is 6.18 Å². The molecule has 0 aliphatic carbocycles. The lowest BCUT2D eigenvalue weighted by molar-refractivity contribution is -0.138. The average molecular weight is 283 g/mol. The first kappa shape index (κ1) is 15.2. The molecule has 1 rings (SSSR count). The predicted molar refractivity (Wildman–Crippen MR) is 57.7 cm³/mol. The zero-order valence-corrected chi connectivity index (χ0v) is 9.71. The number of aromatic carboxylic acids is 1. The molecular weight excluding hydrogens is 273 g/mol. The molecule has 0 saturated carbocycles. The Balaban J connectivity index is 3.20. The monoisotopic (exact) mass is 283 g/mol. The van der Waals surface area contributed by atoms with Crippen LogP contribution in [0.15, 0.2) is 18.2 Å². The molecule has 0 radical (unpaired) electrons. The number of rotatable bonds is 4. The highest BCUT2D eigenvalue weighted by atomic mass is 19.4. The van der Waals surface area contributed by atoms with E-state index in [-0.39, 0.29) is 5.69 Å². The van der Waals surface area contributed by atoms with Gasteiger partial charge in [-0.25, -0.2) is 13.6 Å². The van der Waals surface area contributed by atoms with Crippen LogP contribution in [0.2, 0.25) is 0 Å². The van der Waals surface area contributed by atoms with E-state index in [4.69, 9.17) is 5.11 Å². The Bertz CT molecular complexity index is 473. The first-order valence-corrected chi connectivity index (χ1v) is 5.06. The van der Waals surface area contributed by atoms with E-state index in [0.717, 1.165) is 17.0 Å². The van der Waals surface area contributed by atoms with Gasteiger partial charge in [-0.05, 0) is 18.2 Å². The topological polar surface area (TPSA) is 40.5 Å². The van der Waals surface area contributed by atoms with Crippen LogP contribution in [0, 0.1) is 0 Å². The molecule has 106 valence electrons. The minimum absolute atomic E-state index is 0.0225. The summed E-state index contributed by atoms with van der Waals surface area (Å²) in [5.74, 6) is -1.76. The maximum Gasteiger partial charge on any atom is 0.417 e. The number of halogens is 5. The second-order valence-corrected chi connectivity index (χ2v) is 3.80. The fourth-order valence-corrected chi connectivity index (χ4v) is 1.51. The second kappa shape index (κ2) is 5.41. The summed E-state index contributed by atoms with van der Waals surface area (Å²) in [4.78, 5) is 11.8. The third-order valence-electron chi connectivity index (χ3n) is 2.39. The van der Waals surface area contributed by atoms with Crippen LogP contribution < -0.4 is 4.90 Å². The van der Waals surface area contributed by atoms with Crippen LogP contribution >= 0.6 is 0 Å². The number of nitrogens with zero attached hydrogens (tertiary/aromatic N) is 1. The zero-order chi connectivity index (χ0) is 14.8. The van der Waals surface area contributed by atoms with Gasteiger partial charge in [0, 0.05) is 12.7 Å². The molecule has 1 aromatic rings. The van der Waals surface area contributed by atoms with Gasteiger partial charge >= 0.3 is 12.1 Å². The molecule has 0 amide bonds. The molecule has 0 fully saturated rings. The molecule has 19 heavy (non-hydrogen) atoms. The van der Waals surface area contributed by atoms with Crippen molar-refractivity contribution in [1.29, 1.82) is 0 Å². The van der Waals surface area contributed by atoms with Crippen LogP contribution in [-0.4, -0.2) is 31.1 Å². The summed E-state index contributed by atoms with van der Waals surface area (Å²) < 4.78 is 62.0. The zero-order valence-electron chi connectivity index (χ0n) is 9.71. The minimum Gasteiger partial charge on any atom is -0.478 e. The normalized spacial score (nSPS) is 11.7. The van der Waals surface area contributed by atoms with Crippen molar-refractivity contribution in [1.82, 2.24) is 0 Å². The summed E-state index contributed by atoms with van der Waals surface area (Å²) in [6.07, 6.45) is -7.49. The first-order chi connectivity index (χ1) is 8.62. The number of hydrogen-bond donors (Lipinski definition) is 1. The smallest absolute Gasteiger partial charge is 0.417 e. The van der Waals surface area contributed by atoms with Gasteiger partial charge in [-0.3, -0.25) is 0 Å². The van der Waals surface area contributed by atoms with E-state index in [1.165, 1.54) is 7.05 Å². The predicted octanol–water partition coefficient (Wildman–Crippen LogP) is 3.10. The van der Waals surface area contributed by atoms with Crippen molar-refractivity contribution in [2.75, 3.05) is 18.5 Å². The quantitative estimate of drug-likeness (QED) is 0.863. The van der Waals surface area contributed by atoms with E-state index in [2.05, 4.69) is 0 Å². The van der Waals surface area contributed by atoms with Gasteiger partial charge in [0.25, 0.3) is 6.43 Å². The molecule has 0 unspecified atom stereocenters. The van der Waals surface area contributed by atoms with Crippen molar-refractivity contribution < 1.29 is 31.9 Å². The molecule has 0 spiro atoms. The van der Waals surface area contributed by atoms with E-state index in [9.17, 15) is 26.7 Å². The van der Waals surface area contributed by atoms with E-state index >= 15 is 0 Å². The van der Waals surface area contributed by atoms with E-state index in [1.807, 2.05) is 0 Å². The van der Waals surface area contributed by atoms with Crippen LogP contribution in [0.25, 0.3) is 0 Å². The van der Waals surface area contributed by atoms with Crippen molar-refractivity contribution in [3.05, 3.63) is 29.3 Å². The lowest BCUT2D eigenvalue weighted by atomic mass is 10.1. The summed E-state index contributed by atoms with van der Waals surface area (Å²) in [5.41, 5.74) is -2.30. The highest BCUT2D eigenvalue weighted by Gasteiger charge is 2.35. The molecule has 1 aromatic carbocycles. The Morgan fingerprint density at radius 1 is 1.37 bits per heavy atom. The third-order valence-corrected chi connectivity index (χ3v) is 2.39. The second-order valence-electron chi connectivity index (χ2n) is 3.80. The number of hydrogen-bond acceptors (Lipinski definition) is 2. The number of carboxylic acid groups (broad SMARTS) is 1. The standard InChI is InChI=1S/C11H10F5NO2/c1-17(5-9(12)13)6-2-3-8(11(14,15)16)7(4-6)10(18)19/h2-4,9H,5H2,1H3,(H,18,19). The lowest BCUT2D eigenvalue weighted by Crippen LogP contribution is -2.24. The summed E-state index contributed by atoms with van der Waals surface area (Å²) in [5, 5.41) is 8.75. The molecule has 1 N–H and O–H groups in total. The van der Waals surface area contributed by atoms with Crippen LogP contribution in [0.3, 0.4) is 0 Å². The number of carboxylic acids is 1. The van der Waals surface area contributed by atoms with Gasteiger partial charge in [-0.15, -0.1) is 0 Å². The van der Waals surface area contributed by atoms with Crippen molar-refractivity contribution in [3.8, 4) is 0 Å². The SMILES string of the molecule is CN(CC(F)F)c1ccc(C(F)(F)F)c(C(=O)O)c1. The summed E-state index contributed by atoms with van der Waals surface area (Å²) in [7, 11) is 1.24. The average Bonchev–Trinajstić information content (AvgIpc) is 2.25. The van der Waals surface area contributed by atoms with E-state index < -0.39 is 36.2 Å². The van der Waals surface area contributed by atoms with Crippen LogP contribution in [0.4, 0.5) is 27.6 Å². The van der Waals surface area contributed by atoms with Gasteiger partial charge in [0.15, 0.2) is 0 Å². The summed E-state index contributed by atoms with van der Waals surface area (Å²) in [6, 6.07) is 2.26. The molecule has 0 aromatic heterocycles. The maximum atomic E-state index is 12.6. The van der Waals surface area contributed by atoms with E-state index in [0.29, 0.717) is 6.07 Å². The Kier molecular flexibility index (Phi) is 4.33. The van der Waals surface area contributed by atoms with Crippen molar-refractivity contribution >= 4 is 11.7 Å². The van der Waals surface area contributed by atoms with Crippen LogP contribution in [0.1, 0.15) is 15.9 Å². The van der Waals surface area contributed by atoms with Gasteiger partial charge < -0.3 is 10.0 Å². The number of benzene rings is 1. The van der Waals surface area contributed by atoms with Gasteiger partial charge in [-0.1, -0.05) is 0 Å². The van der Waals surface area contributed by atoms with Crippen molar-refractivity contribution in [2.45, 2.75) is 12.6 Å². The Morgan fingerprint density at radius 3 is 2.37 bits per heavy atom. The fourth-order valence-electron chi connectivity index (χ4n) is 1.51. The number of alkyl halides is 5. The summed E-state index contributed by atoms with van der Waals surface area (Å²) >= 11 is 0. The lowest BCUT2D eigenvalue weighted by Gasteiger charge is -2.20. The maximum absolute atomic E-state index is 12.6. The molecule has 0 saturated heterocycles. The Labute approximate surface area is 105 Å². The highest BCUT2D eigenvalue weighted by molar-refractivity contribution is 5.91. The Morgan fingerprint density at radius 2 is 1.95 bits per heavy atom. The summed E-state index contributed by atoms with van der Waals surface area (Å²) in [6.45, 7) is -0.704. The van der Waals surface area contributed by atoms with E-state index in [1.54, 1.807) is 0 Å². The molecule has 3 nitrogen and oxygen atoms in total. The molecule has 0 aliphatic rings. The Hall–Kier alpha value is -1.86. The molecule has 0 bridgehead atoms. The largest absolute Gasteiger partial charge is 0.478 e.